The lowest BCUT2D eigenvalue weighted by molar-refractivity contribution is 0.398. The number of rotatable bonds is 18. The van der Waals surface area contributed by atoms with E-state index in [0.717, 1.165) is 12.8 Å². The monoisotopic (exact) mass is 1100 g/mol. The third-order valence-electron chi connectivity index (χ3n) is 20.0. The third-order valence-corrected chi connectivity index (χ3v) is 20.0. The molecule has 84 heavy (non-hydrogen) atoms. The average molecular weight is 1100 g/mol. The van der Waals surface area contributed by atoms with Gasteiger partial charge in [-0.2, -0.15) is 0 Å². The maximum atomic E-state index is 2.78. The van der Waals surface area contributed by atoms with Crippen molar-refractivity contribution in [3.05, 3.63) is 238 Å². The molecule has 0 heterocycles. The Bertz CT molecular complexity index is 3940. The molecule has 0 radical (unpaired) electrons. The largest absolute Gasteiger partial charge is 0.0713 e. The van der Waals surface area contributed by atoms with Gasteiger partial charge in [0.2, 0.25) is 0 Å². The Balaban J connectivity index is 1.11. The molecule has 0 spiro atoms. The van der Waals surface area contributed by atoms with Gasteiger partial charge in [0.1, 0.15) is 0 Å². The topological polar surface area (TPSA) is 0 Å². The zero-order chi connectivity index (χ0) is 58.6. The molecule has 0 nitrogen and oxygen atoms in total. The number of benzene rings is 10. The molecule has 0 amide bonds. The first-order valence-electron chi connectivity index (χ1n) is 32.6. The van der Waals surface area contributed by atoms with Gasteiger partial charge in [0.15, 0.2) is 0 Å². The summed E-state index contributed by atoms with van der Waals surface area (Å²) in [4.78, 5) is 0. The lowest BCUT2D eigenvalue weighted by Gasteiger charge is -2.36. The van der Waals surface area contributed by atoms with Gasteiger partial charge in [-0.25, -0.2) is 0 Å². The summed E-state index contributed by atoms with van der Waals surface area (Å²) in [5, 5.41) is 7.74. The SMILES string of the molecule is CCCCCCCCC1(CCCCCCCC)c2cc(-c3ccc4cc5ccccc5c(-c5cccc6ccccc56)c4c3)ccc2-c2cc3c(cc21)-c1ccc(C(C)(C)C)cc1C3(c1ccc(C(C)(C)C)cc1)c1ccc(C(C)(C)C)cc1. The van der Waals surface area contributed by atoms with Crippen molar-refractivity contribution in [3.8, 4) is 44.5 Å². The van der Waals surface area contributed by atoms with Gasteiger partial charge >= 0.3 is 0 Å². The Hall–Kier alpha value is -7.02. The zero-order valence-corrected chi connectivity index (χ0v) is 52.8. The van der Waals surface area contributed by atoms with Gasteiger partial charge < -0.3 is 0 Å². The fourth-order valence-electron chi connectivity index (χ4n) is 15.2. The first-order valence-corrected chi connectivity index (χ1v) is 32.6. The molecule has 0 saturated heterocycles. The summed E-state index contributed by atoms with van der Waals surface area (Å²) in [7, 11) is 0. The molecule has 0 aliphatic heterocycles. The van der Waals surface area contributed by atoms with Crippen LogP contribution in [0.15, 0.2) is 188 Å². The van der Waals surface area contributed by atoms with Crippen molar-refractivity contribution in [1.29, 1.82) is 0 Å². The van der Waals surface area contributed by atoms with E-state index in [4.69, 9.17) is 0 Å². The molecule has 0 atom stereocenters. The van der Waals surface area contributed by atoms with E-state index in [-0.39, 0.29) is 21.7 Å². The summed E-state index contributed by atoms with van der Waals surface area (Å²) < 4.78 is 0. The van der Waals surface area contributed by atoms with E-state index in [2.05, 4.69) is 264 Å². The molecule has 0 fully saturated rings. The van der Waals surface area contributed by atoms with E-state index in [9.17, 15) is 0 Å². The molecular formula is C84H92. The van der Waals surface area contributed by atoms with E-state index in [1.165, 1.54) is 193 Å². The molecular weight excluding hydrogens is 1010 g/mol. The van der Waals surface area contributed by atoms with Crippen molar-refractivity contribution in [2.45, 2.75) is 193 Å². The van der Waals surface area contributed by atoms with Crippen LogP contribution >= 0.6 is 0 Å². The maximum Gasteiger partial charge on any atom is 0.0713 e. The van der Waals surface area contributed by atoms with Crippen molar-refractivity contribution >= 4 is 32.3 Å². The van der Waals surface area contributed by atoms with Crippen LogP contribution in [0.3, 0.4) is 0 Å². The van der Waals surface area contributed by atoms with Crippen LogP contribution in [0.25, 0.3) is 76.8 Å². The van der Waals surface area contributed by atoms with Crippen molar-refractivity contribution in [1.82, 2.24) is 0 Å². The lowest BCUT2D eigenvalue weighted by Crippen LogP contribution is -2.30. The van der Waals surface area contributed by atoms with Gasteiger partial charge in [0.25, 0.3) is 0 Å². The summed E-state index contributed by atoms with van der Waals surface area (Å²) in [5.74, 6) is 0. The molecule has 0 bridgehead atoms. The number of unbranched alkanes of at least 4 members (excludes halogenated alkanes) is 10. The zero-order valence-electron chi connectivity index (χ0n) is 52.8. The summed E-state index contributed by atoms with van der Waals surface area (Å²) in [6.45, 7) is 25.9. The Morgan fingerprint density at radius 1 is 0.298 bits per heavy atom. The Kier molecular flexibility index (Phi) is 15.6. The van der Waals surface area contributed by atoms with Gasteiger partial charge in [-0.1, -0.05) is 311 Å². The van der Waals surface area contributed by atoms with Gasteiger partial charge in [-0.05, 0) is 186 Å². The molecule has 12 rings (SSSR count). The summed E-state index contributed by atoms with van der Waals surface area (Å²) >= 11 is 0. The molecule has 0 unspecified atom stereocenters. The van der Waals surface area contributed by atoms with Gasteiger partial charge in [0.05, 0.1) is 5.41 Å². The number of hydrogen-bond acceptors (Lipinski definition) is 0. The fraction of sp³-hybridized carbons (Fsp3) is 0.357. The van der Waals surface area contributed by atoms with E-state index < -0.39 is 5.41 Å². The van der Waals surface area contributed by atoms with E-state index in [0.29, 0.717) is 0 Å². The van der Waals surface area contributed by atoms with Crippen LogP contribution in [0.2, 0.25) is 0 Å². The first-order chi connectivity index (χ1) is 40.5. The minimum absolute atomic E-state index is 0.0279. The molecule has 428 valence electrons. The van der Waals surface area contributed by atoms with E-state index >= 15 is 0 Å². The lowest BCUT2D eigenvalue weighted by atomic mass is 9.65. The van der Waals surface area contributed by atoms with Crippen molar-refractivity contribution in [3.63, 3.8) is 0 Å². The third kappa shape index (κ3) is 10.3. The van der Waals surface area contributed by atoms with Crippen molar-refractivity contribution in [2.75, 3.05) is 0 Å². The Morgan fingerprint density at radius 2 is 0.750 bits per heavy atom. The molecule has 10 aromatic rings. The Labute approximate surface area is 505 Å². The molecule has 2 aliphatic carbocycles. The first kappa shape index (κ1) is 57.4. The van der Waals surface area contributed by atoms with Crippen LogP contribution in [0.1, 0.15) is 216 Å². The highest BCUT2D eigenvalue weighted by atomic mass is 14.5. The van der Waals surface area contributed by atoms with Gasteiger partial charge in [-0.3, -0.25) is 0 Å². The van der Waals surface area contributed by atoms with E-state index in [1.807, 2.05) is 0 Å². The molecule has 2 aliphatic rings. The highest BCUT2D eigenvalue weighted by Crippen LogP contribution is 2.63. The smallest absolute Gasteiger partial charge is 0.0654 e. The molecule has 0 saturated carbocycles. The van der Waals surface area contributed by atoms with Crippen LogP contribution in [0.4, 0.5) is 0 Å². The average Bonchev–Trinajstić information content (AvgIpc) is 1.59. The standard InChI is InChI=1S/C84H92/c1-12-14-16-18-20-26-49-83(50-27-21-19-17-15-13-2)75-53-59(58-35-36-61-51-60-30-23-25-33-68(60)79(72(61)52-58)71-34-28-31-57-29-22-24-32-67(57)71)37-47-69(75)73-56-78-74(55-76(73)83)70-48-46-66(82(9,10)11)54-77(70)84(78,64-42-38-62(39-43-64)80(3,4)5)65-44-40-63(41-45-65)81(6,7)8/h22-25,28-48,51-56H,12-21,26-27,49-50H2,1-11H3. The second kappa shape index (κ2) is 22.8. The predicted octanol–water partition coefficient (Wildman–Crippen LogP) is 24.5. The molecule has 0 aromatic heterocycles. The van der Waals surface area contributed by atoms with Gasteiger partial charge in [0, 0.05) is 5.41 Å². The van der Waals surface area contributed by atoms with Crippen molar-refractivity contribution in [2.24, 2.45) is 0 Å². The quantitative estimate of drug-likeness (QED) is 0.0593. The molecule has 0 N–H and O–H groups in total. The highest BCUT2D eigenvalue weighted by Gasteiger charge is 2.50. The van der Waals surface area contributed by atoms with Crippen LogP contribution in [-0.4, -0.2) is 0 Å². The van der Waals surface area contributed by atoms with E-state index in [1.54, 1.807) is 11.1 Å². The molecule has 10 aromatic carbocycles. The summed E-state index contributed by atoms with van der Waals surface area (Å²) in [6.07, 6.45) is 17.8. The molecule has 0 heteroatoms. The fourth-order valence-corrected chi connectivity index (χ4v) is 15.2. The van der Waals surface area contributed by atoms with Crippen LogP contribution in [0.5, 0.6) is 0 Å². The Morgan fingerprint density at radius 3 is 1.37 bits per heavy atom. The normalized spacial score (nSPS) is 14.3. The van der Waals surface area contributed by atoms with Crippen LogP contribution in [-0.2, 0) is 27.1 Å². The summed E-state index contributed by atoms with van der Waals surface area (Å²) in [5.41, 5.74) is 23.0. The maximum absolute atomic E-state index is 2.78. The van der Waals surface area contributed by atoms with Crippen LogP contribution < -0.4 is 0 Å². The predicted molar refractivity (Wildman–Crippen MR) is 365 cm³/mol. The van der Waals surface area contributed by atoms with Crippen LogP contribution in [0, 0.1) is 0 Å². The number of hydrogen-bond donors (Lipinski definition) is 0. The minimum Gasteiger partial charge on any atom is -0.0654 e. The second-order valence-electron chi connectivity index (χ2n) is 28.7. The number of fused-ring (bicyclic) bond motifs is 9. The highest BCUT2D eigenvalue weighted by molar-refractivity contribution is 6.17. The van der Waals surface area contributed by atoms with Crippen molar-refractivity contribution < 1.29 is 0 Å². The summed E-state index contributed by atoms with van der Waals surface area (Å²) in [6, 6.07) is 75.1. The van der Waals surface area contributed by atoms with Gasteiger partial charge in [-0.15, -0.1) is 0 Å². The minimum atomic E-state index is -0.547. The second-order valence-corrected chi connectivity index (χ2v) is 28.7.